The number of carbonyl (C=O) groups excluding carboxylic acids is 1. The van der Waals surface area contributed by atoms with Gasteiger partial charge < -0.3 is 19.1 Å². The zero-order valence-electron chi connectivity index (χ0n) is 18.2. The average molecular weight is 421 g/mol. The van der Waals surface area contributed by atoms with Crippen LogP contribution < -0.4 is 9.47 Å². The standard InChI is InChI=1S/C24H27N3O4/c1-16-14-26(15-17(2)31-16)24(28)23-13-22(18-6-5-7-21(12-18)30-4)25-27(23)19-8-10-20(29-3)11-9-19/h5-13,16-17H,14-15H2,1-4H3/t16-,17+. The number of aromatic nitrogens is 2. The van der Waals surface area contributed by atoms with E-state index in [1.165, 1.54) is 0 Å². The fraction of sp³-hybridized carbons (Fsp3) is 0.333. The molecule has 0 N–H and O–H groups in total. The summed E-state index contributed by atoms with van der Waals surface area (Å²) < 4.78 is 18.1. The lowest BCUT2D eigenvalue weighted by Crippen LogP contribution is -2.48. The van der Waals surface area contributed by atoms with Crippen LogP contribution in [-0.2, 0) is 4.74 Å². The van der Waals surface area contributed by atoms with Gasteiger partial charge in [0.15, 0.2) is 0 Å². The second-order valence-electron chi connectivity index (χ2n) is 7.72. The molecule has 7 heteroatoms. The van der Waals surface area contributed by atoms with Gasteiger partial charge in [-0.1, -0.05) is 12.1 Å². The first-order chi connectivity index (χ1) is 15.0. The zero-order valence-corrected chi connectivity index (χ0v) is 18.2. The molecule has 0 aliphatic carbocycles. The number of ether oxygens (including phenoxy) is 3. The van der Waals surface area contributed by atoms with Crippen molar-refractivity contribution in [1.29, 1.82) is 0 Å². The van der Waals surface area contributed by atoms with Gasteiger partial charge in [-0.05, 0) is 56.3 Å². The maximum absolute atomic E-state index is 13.5. The Morgan fingerprint density at radius 2 is 1.65 bits per heavy atom. The van der Waals surface area contributed by atoms with E-state index in [2.05, 4.69) is 0 Å². The quantitative estimate of drug-likeness (QED) is 0.627. The summed E-state index contributed by atoms with van der Waals surface area (Å²) in [6, 6.07) is 17.0. The van der Waals surface area contributed by atoms with Crippen molar-refractivity contribution >= 4 is 5.91 Å². The van der Waals surface area contributed by atoms with E-state index < -0.39 is 0 Å². The molecule has 0 saturated carbocycles. The fourth-order valence-electron chi connectivity index (χ4n) is 3.88. The molecule has 1 fully saturated rings. The van der Waals surface area contributed by atoms with Crippen molar-refractivity contribution in [2.45, 2.75) is 26.1 Å². The van der Waals surface area contributed by atoms with Crippen LogP contribution in [-0.4, -0.2) is 60.1 Å². The maximum atomic E-state index is 13.5. The molecule has 2 heterocycles. The maximum Gasteiger partial charge on any atom is 0.272 e. The number of nitrogens with zero attached hydrogens (tertiary/aromatic N) is 3. The summed E-state index contributed by atoms with van der Waals surface area (Å²) in [6.45, 7) is 5.06. The molecule has 31 heavy (non-hydrogen) atoms. The van der Waals surface area contributed by atoms with E-state index in [0.29, 0.717) is 24.5 Å². The molecule has 0 radical (unpaired) electrons. The minimum Gasteiger partial charge on any atom is -0.497 e. The van der Waals surface area contributed by atoms with Gasteiger partial charge in [-0.2, -0.15) is 5.10 Å². The summed E-state index contributed by atoms with van der Waals surface area (Å²) in [7, 11) is 3.25. The molecule has 0 bridgehead atoms. The van der Waals surface area contributed by atoms with E-state index in [1.54, 1.807) is 18.9 Å². The highest BCUT2D eigenvalue weighted by Gasteiger charge is 2.29. The van der Waals surface area contributed by atoms with Crippen LogP contribution in [0.4, 0.5) is 0 Å². The number of hydrogen-bond acceptors (Lipinski definition) is 5. The van der Waals surface area contributed by atoms with Crippen LogP contribution >= 0.6 is 0 Å². The van der Waals surface area contributed by atoms with Crippen molar-refractivity contribution in [3.05, 3.63) is 60.3 Å². The lowest BCUT2D eigenvalue weighted by Gasteiger charge is -2.35. The molecular formula is C24H27N3O4. The number of methoxy groups -OCH3 is 2. The molecular weight excluding hydrogens is 394 g/mol. The molecule has 0 spiro atoms. The fourth-order valence-corrected chi connectivity index (χ4v) is 3.88. The van der Waals surface area contributed by atoms with Crippen LogP contribution in [0.2, 0.25) is 0 Å². The molecule has 1 saturated heterocycles. The lowest BCUT2D eigenvalue weighted by atomic mass is 10.1. The topological polar surface area (TPSA) is 65.8 Å². The van der Waals surface area contributed by atoms with Gasteiger partial charge in [0.25, 0.3) is 5.91 Å². The summed E-state index contributed by atoms with van der Waals surface area (Å²) in [5.74, 6) is 1.41. The molecule has 2 atom stereocenters. The monoisotopic (exact) mass is 421 g/mol. The number of amides is 1. The third-order valence-electron chi connectivity index (χ3n) is 5.32. The van der Waals surface area contributed by atoms with Crippen LogP contribution in [0.25, 0.3) is 16.9 Å². The molecule has 1 amide bonds. The Balaban J connectivity index is 1.77. The minimum atomic E-state index is -0.0699. The van der Waals surface area contributed by atoms with E-state index in [1.807, 2.05) is 73.3 Å². The zero-order chi connectivity index (χ0) is 22.0. The molecule has 4 rings (SSSR count). The number of rotatable bonds is 5. The van der Waals surface area contributed by atoms with Crippen LogP contribution in [0.3, 0.4) is 0 Å². The summed E-state index contributed by atoms with van der Waals surface area (Å²) in [5.41, 5.74) is 2.87. The third-order valence-corrected chi connectivity index (χ3v) is 5.32. The van der Waals surface area contributed by atoms with Crippen molar-refractivity contribution < 1.29 is 19.0 Å². The van der Waals surface area contributed by atoms with Crippen LogP contribution in [0.15, 0.2) is 54.6 Å². The van der Waals surface area contributed by atoms with Gasteiger partial charge in [-0.15, -0.1) is 0 Å². The Bertz CT molecular complexity index is 1050. The van der Waals surface area contributed by atoms with Crippen LogP contribution in [0.5, 0.6) is 11.5 Å². The third kappa shape index (κ3) is 4.41. The highest BCUT2D eigenvalue weighted by atomic mass is 16.5. The molecule has 1 aliphatic heterocycles. The molecule has 1 aliphatic rings. The highest BCUT2D eigenvalue weighted by molar-refractivity contribution is 5.94. The van der Waals surface area contributed by atoms with Gasteiger partial charge in [0, 0.05) is 18.7 Å². The normalized spacial score (nSPS) is 18.6. The second-order valence-corrected chi connectivity index (χ2v) is 7.72. The largest absolute Gasteiger partial charge is 0.497 e. The van der Waals surface area contributed by atoms with Crippen molar-refractivity contribution in [1.82, 2.24) is 14.7 Å². The molecule has 0 unspecified atom stereocenters. The average Bonchev–Trinajstić information content (AvgIpc) is 3.23. The summed E-state index contributed by atoms with van der Waals surface area (Å²) in [5, 5.41) is 4.78. The predicted octanol–water partition coefficient (Wildman–Crippen LogP) is 3.81. The molecule has 3 aromatic rings. The van der Waals surface area contributed by atoms with Gasteiger partial charge in [0.1, 0.15) is 17.2 Å². The molecule has 1 aromatic heterocycles. The van der Waals surface area contributed by atoms with E-state index in [-0.39, 0.29) is 18.1 Å². The Kier molecular flexibility index (Phi) is 5.95. The first-order valence-corrected chi connectivity index (χ1v) is 10.3. The van der Waals surface area contributed by atoms with Crippen LogP contribution in [0, 0.1) is 0 Å². The first kappa shape index (κ1) is 20.9. The second kappa shape index (κ2) is 8.81. The van der Waals surface area contributed by atoms with Gasteiger partial charge >= 0.3 is 0 Å². The number of hydrogen-bond donors (Lipinski definition) is 0. The van der Waals surface area contributed by atoms with E-state index >= 15 is 0 Å². The summed E-state index contributed by atoms with van der Waals surface area (Å²) >= 11 is 0. The Hall–Kier alpha value is -3.32. The number of morpholine rings is 1. The minimum absolute atomic E-state index is 0.0112. The molecule has 7 nitrogen and oxygen atoms in total. The molecule has 2 aromatic carbocycles. The number of carbonyl (C=O) groups is 1. The number of benzene rings is 2. The Morgan fingerprint density at radius 1 is 0.968 bits per heavy atom. The van der Waals surface area contributed by atoms with Crippen molar-refractivity contribution in [3.8, 4) is 28.4 Å². The smallest absolute Gasteiger partial charge is 0.272 e. The predicted molar refractivity (Wildman–Crippen MR) is 118 cm³/mol. The highest BCUT2D eigenvalue weighted by Crippen LogP contribution is 2.27. The Morgan fingerprint density at radius 3 is 2.29 bits per heavy atom. The van der Waals surface area contributed by atoms with Crippen molar-refractivity contribution in [3.63, 3.8) is 0 Å². The van der Waals surface area contributed by atoms with Gasteiger partial charge in [-0.25, -0.2) is 4.68 Å². The van der Waals surface area contributed by atoms with E-state index in [9.17, 15) is 4.79 Å². The summed E-state index contributed by atoms with van der Waals surface area (Å²) in [6.07, 6.45) is -0.0224. The van der Waals surface area contributed by atoms with Gasteiger partial charge in [-0.3, -0.25) is 4.79 Å². The van der Waals surface area contributed by atoms with Gasteiger partial charge in [0.05, 0.1) is 37.8 Å². The van der Waals surface area contributed by atoms with E-state index in [4.69, 9.17) is 19.3 Å². The first-order valence-electron chi connectivity index (χ1n) is 10.3. The SMILES string of the molecule is COc1ccc(-n2nc(-c3cccc(OC)c3)cc2C(=O)N2C[C@@H](C)O[C@@H](C)C2)cc1. The Labute approximate surface area is 182 Å². The summed E-state index contributed by atoms with van der Waals surface area (Å²) in [4.78, 5) is 15.4. The lowest BCUT2D eigenvalue weighted by molar-refractivity contribution is -0.0588. The van der Waals surface area contributed by atoms with Crippen molar-refractivity contribution in [2.75, 3.05) is 27.3 Å². The molecule has 162 valence electrons. The van der Waals surface area contributed by atoms with Gasteiger partial charge in [0.2, 0.25) is 0 Å². The van der Waals surface area contributed by atoms with Crippen molar-refractivity contribution in [2.24, 2.45) is 0 Å². The van der Waals surface area contributed by atoms with Crippen LogP contribution in [0.1, 0.15) is 24.3 Å². The van der Waals surface area contributed by atoms with E-state index in [0.717, 1.165) is 22.7 Å².